The van der Waals surface area contributed by atoms with E-state index in [1.54, 1.807) is 6.07 Å². The molecule has 1 unspecified atom stereocenters. The molecule has 10 heteroatoms. The second kappa shape index (κ2) is 4.37. The molecule has 0 radical (unpaired) electrons. The van der Waals surface area contributed by atoms with Crippen LogP contribution in [-0.4, -0.2) is 21.8 Å². The van der Waals surface area contributed by atoms with E-state index in [1.165, 1.54) is 18.2 Å². The number of pyridine rings is 1. The number of carboxylic acids is 1. The van der Waals surface area contributed by atoms with E-state index in [4.69, 9.17) is 0 Å². The second-order valence-corrected chi connectivity index (χ2v) is 8.08. The number of halogens is 5. The Balaban J connectivity index is 2.14. The van der Waals surface area contributed by atoms with Gasteiger partial charge >= 0.3 is 16.2 Å². The highest BCUT2D eigenvalue weighted by Gasteiger charge is 2.67. The summed E-state index contributed by atoms with van der Waals surface area (Å²) in [7, 11) is -9.98. The highest BCUT2D eigenvalue weighted by molar-refractivity contribution is 8.45. The smallest absolute Gasteiger partial charge is 0.325 e. The number of rotatable bonds is 3. The fraction of sp³-hybridized carbons (Fsp3) is 0.133. The Hall–Kier alpha value is -2.49. The molecule has 1 atom stereocenters. The first-order chi connectivity index (χ1) is 11.3. The van der Waals surface area contributed by atoms with Crippen molar-refractivity contribution in [2.45, 2.75) is 16.9 Å². The number of hydrogen-bond donors (Lipinski definition) is 1. The van der Waals surface area contributed by atoms with Crippen molar-refractivity contribution in [3.63, 3.8) is 0 Å². The van der Waals surface area contributed by atoms with E-state index in [-0.39, 0.29) is 23.6 Å². The van der Waals surface area contributed by atoms with Crippen LogP contribution in [-0.2, 0) is 16.6 Å². The van der Waals surface area contributed by atoms with Gasteiger partial charge in [0.25, 0.3) is 0 Å². The first kappa shape index (κ1) is 17.3. The zero-order valence-electron chi connectivity index (χ0n) is 12.3. The number of hydrogen-bond acceptors (Lipinski definition) is 3. The lowest BCUT2D eigenvalue weighted by Gasteiger charge is -2.39. The van der Waals surface area contributed by atoms with Crippen LogP contribution >= 0.6 is 10.2 Å². The maximum atomic E-state index is 12.8. The number of fused-ring (bicyclic) bond motifs is 1. The Morgan fingerprint density at radius 2 is 1.72 bits per heavy atom. The van der Waals surface area contributed by atoms with E-state index >= 15 is 0 Å². The molecule has 0 bridgehead atoms. The number of aliphatic carboxylic acids is 1. The zero-order chi connectivity index (χ0) is 18.7. The van der Waals surface area contributed by atoms with Crippen LogP contribution in [0.1, 0.15) is 21.5 Å². The molecule has 134 valence electrons. The summed E-state index contributed by atoms with van der Waals surface area (Å²) in [5.41, 5.74) is -2.03. The number of Topliss-reactive ketones (excluding diaryl/α,β-unsaturated/α-hetero) is 1. The number of nitrogens with zero attached hydrogens (tertiary/aromatic N) is 1. The van der Waals surface area contributed by atoms with Crippen LogP contribution in [0, 0.1) is 0 Å². The maximum Gasteiger partial charge on any atom is 0.325 e. The molecule has 1 heterocycles. The fourth-order valence-electron chi connectivity index (χ4n) is 2.88. The highest BCUT2D eigenvalue weighted by atomic mass is 32.5. The molecule has 1 N–H and O–H groups in total. The third-order valence-electron chi connectivity index (χ3n) is 4.09. The summed E-state index contributed by atoms with van der Waals surface area (Å²) in [6.45, 7) is 0. The molecule has 3 rings (SSSR count). The van der Waals surface area contributed by atoms with Crippen LogP contribution in [0.15, 0.2) is 47.6 Å². The lowest BCUT2D eigenvalue weighted by atomic mass is 9.77. The van der Waals surface area contributed by atoms with Gasteiger partial charge in [-0.15, -0.1) is 0 Å². The highest BCUT2D eigenvalue weighted by Crippen LogP contribution is 3.01. The Morgan fingerprint density at radius 3 is 2.20 bits per heavy atom. The molecule has 0 saturated heterocycles. The van der Waals surface area contributed by atoms with Crippen LogP contribution in [0.25, 0.3) is 0 Å². The van der Waals surface area contributed by atoms with Crippen LogP contribution in [0.2, 0.25) is 0 Å². The number of carboxylic acid groups (broad SMARTS) is 1. The van der Waals surface area contributed by atoms with Gasteiger partial charge in [0.05, 0.1) is 0 Å². The van der Waals surface area contributed by atoms with Gasteiger partial charge in [-0.2, -0.15) is 0 Å². The van der Waals surface area contributed by atoms with Crippen molar-refractivity contribution in [3.8, 4) is 0 Å². The number of benzene rings is 1. The fourth-order valence-corrected chi connectivity index (χ4v) is 3.46. The molecule has 0 aliphatic heterocycles. The lowest BCUT2D eigenvalue weighted by molar-refractivity contribution is -0.141. The maximum absolute atomic E-state index is 12.8. The summed E-state index contributed by atoms with van der Waals surface area (Å²) in [6, 6.07) is 6.60. The predicted octanol–water partition coefficient (Wildman–Crippen LogP) is 4.50. The molecule has 25 heavy (non-hydrogen) atoms. The first-order valence-corrected chi connectivity index (χ1v) is 8.77. The third-order valence-corrected chi connectivity index (χ3v) is 5.13. The van der Waals surface area contributed by atoms with Crippen LogP contribution in [0.4, 0.5) is 19.4 Å². The van der Waals surface area contributed by atoms with Crippen LogP contribution < -0.4 is 0 Å². The largest absolute Gasteiger partial charge is 0.480 e. The molecule has 0 spiro atoms. The van der Waals surface area contributed by atoms with Gasteiger partial charge in [-0.1, -0.05) is 49.8 Å². The van der Waals surface area contributed by atoms with Gasteiger partial charge in [0.15, 0.2) is 16.2 Å². The third kappa shape index (κ3) is 2.66. The number of aromatic nitrogens is 1. The molecule has 1 aliphatic rings. The average Bonchev–Trinajstić information content (AvgIpc) is 2.80. The van der Waals surface area contributed by atoms with Crippen LogP contribution in [0.3, 0.4) is 0 Å². The van der Waals surface area contributed by atoms with E-state index in [9.17, 15) is 34.1 Å². The van der Waals surface area contributed by atoms with E-state index in [2.05, 4.69) is 4.98 Å². The van der Waals surface area contributed by atoms with Gasteiger partial charge in [-0.3, -0.25) is 9.59 Å². The molecule has 1 aromatic heterocycles. The van der Waals surface area contributed by atoms with Gasteiger partial charge in [0, 0.05) is 18.2 Å². The molecule has 1 aliphatic carbocycles. The van der Waals surface area contributed by atoms with E-state index < -0.39 is 32.4 Å². The zero-order valence-corrected chi connectivity index (χ0v) is 13.1. The summed E-state index contributed by atoms with van der Waals surface area (Å²) in [4.78, 5) is 27.1. The Morgan fingerprint density at radius 1 is 1.08 bits per heavy atom. The van der Waals surface area contributed by atoms with Crippen molar-refractivity contribution in [1.29, 1.82) is 0 Å². The Kier molecular flexibility index (Phi) is 3.03. The molecular formula is C15H10F5NO3S. The topological polar surface area (TPSA) is 67.3 Å². The summed E-state index contributed by atoms with van der Waals surface area (Å²) < 4.78 is 63.8. The summed E-state index contributed by atoms with van der Waals surface area (Å²) in [6.07, 6.45) is 0.0832. The van der Waals surface area contributed by atoms with Gasteiger partial charge < -0.3 is 5.11 Å². The van der Waals surface area contributed by atoms with Crippen molar-refractivity contribution in [1.82, 2.24) is 4.98 Å². The minimum Gasteiger partial charge on any atom is -0.480 e. The molecule has 4 nitrogen and oxygen atoms in total. The normalized spacial score (nSPS) is 22.8. The average molecular weight is 379 g/mol. The predicted molar refractivity (Wildman–Crippen MR) is 79.4 cm³/mol. The first-order valence-electron chi connectivity index (χ1n) is 6.82. The van der Waals surface area contributed by atoms with Gasteiger partial charge in [-0.05, 0) is 17.2 Å². The van der Waals surface area contributed by atoms with Crippen molar-refractivity contribution in [2.24, 2.45) is 0 Å². The van der Waals surface area contributed by atoms with E-state index in [0.29, 0.717) is 17.8 Å². The monoisotopic (exact) mass is 379 g/mol. The van der Waals surface area contributed by atoms with Crippen molar-refractivity contribution in [2.75, 3.05) is 0 Å². The molecule has 0 amide bonds. The van der Waals surface area contributed by atoms with Crippen molar-refractivity contribution >= 4 is 22.0 Å². The number of carbonyl (C=O) groups excluding carboxylic acids is 1. The van der Waals surface area contributed by atoms with Crippen molar-refractivity contribution in [3.05, 3.63) is 59.3 Å². The minimum atomic E-state index is -9.98. The standard InChI is InChI=1S/C15H10F5NO3S/c16-25(17,18,19,20)12-6-5-10(8-21-12)15(14(23)24)7-9-3-1-2-4-11(9)13(15)22/h1-6,8H,7H2,(H,23,24). The summed E-state index contributed by atoms with van der Waals surface area (Å²) in [5.74, 6) is -2.41. The Labute approximate surface area is 138 Å². The molecule has 0 saturated carbocycles. The molecule has 0 fully saturated rings. The van der Waals surface area contributed by atoms with Gasteiger partial charge in [0.2, 0.25) is 0 Å². The summed E-state index contributed by atoms with van der Waals surface area (Å²) in [5, 5.41) is 7.20. The quantitative estimate of drug-likeness (QED) is 0.630. The van der Waals surface area contributed by atoms with E-state index in [0.717, 1.165) is 0 Å². The molecular weight excluding hydrogens is 369 g/mol. The van der Waals surface area contributed by atoms with Crippen LogP contribution in [0.5, 0.6) is 0 Å². The number of ketones is 1. The molecule has 2 aromatic rings. The molecule has 1 aromatic carbocycles. The second-order valence-electron chi connectivity index (χ2n) is 5.73. The van der Waals surface area contributed by atoms with Gasteiger partial charge in [0.1, 0.15) is 0 Å². The van der Waals surface area contributed by atoms with Gasteiger partial charge in [-0.25, -0.2) is 4.98 Å². The van der Waals surface area contributed by atoms with E-state index in [1.807, 2.05) is 0 Å². The van der Waals surface area contributed by atoms with Crippen molar-refractivity contribution < 1.29 is 34.1 Å². The minimum absolute atomic E-state index is 0.0118. The number of carbonyl (C=O) groups is 2. The lowest BCUT2D eigenvalue weighted by Crippen LogP contribution is -2.42. The Bertz CT molecular complexity index is 912. The summed E-state index contributed by atoms with van der Waals surface area (Å²) >= 11 is 0. The SMILES string of the molecule is O=C(O)C1(c2ccc(S(F)(F)(F)(F)F)nc2)Cc2ccccc2C1=O.